The zero-order valence-electron chi connectivity index (χ0n) is 12.5. The third kappa shape index (κ3) is 5.02. The normalized spacial score (nSPS) is 11.2. The number of benzene rings is 1. The van der Waals surface area contributed by atoms with Crippen LogP contribution in [0.25, 0.3) is 0 Å². The highest BCUT2D eigenvalue weighted by Gasteiger charge is 2.20. The van der Waals surface area contributed by atoms with Crippen molar-refractivity contribution in [3.05, 3.63) is 28.8 Å². The Bertz CT molecular complexity index is 461. The van der Waals surface area contributed by atoms with Gasteiger partial charge in [0.05, 0.1) is 5.56 Å². The number of methoxy groups -OCH3 is 1. The summed E-state index contributed by atoms with van der Waals surface area (Å²) in [6.07, 6.45) is 0.887. The van der Waals surface area contributed by atoms with Gasteiger partial charge in [-0.1, -0.05) is 25.4 Å². The smallest absolute Gasteiger partial charge is 0.253 e. The Morgan fingerprint density at radius 1 is 1.40 bits per heavy atom. The van der Waals surface area contributed by atoms with Crippen LogP contribution in [0.4, 0.5) is 5.69 Å². The van der Waals surface area contributed by atoms with Crippen molar-refractivity contribution in [3.8, 4) is 0 Å². The van der Waals surface area contributed by atoms with Crippen LogP contribution in [0, 0.1) is 5.41 Å². The summed E-state index contributed by atoms with van der Waals surface area (Å²) >= 11 is 5.95. The van der Waals surface area contributed by atoms with Gasteiger partial charge in [0.1, 0.15) is 0 Å². The van der Waals surface area contributed by atoms with E-state index in [1.807, 2.05) is 0 Å². The van der Waals surface area contributed by atoms with Gasteiger partial charge in [-0.05, 0) is 30.0 Å². The van der Waals surface area contributed by atoms with Crippen molar-refractivity contribution in [2.24, 2.45) is 5.41 Å². The highest BCUT2D eigenvalue weighted by Crippen LogP contribution is 2.22. The number of ether oxygens (including phenoxy) is 1. The van der Waals surface area contributed by atoms with Crippen molar-refractivity contribution >= 4 is 23.2 Å². The fourth-order valence-corrected chi connectivity index (χ4v) is 1.98. The van der Waals surface area contributed by atoms with Crippen LogP contribution in [0.1, 0.15) is 30.6 Å². The lowest BCUT2D eigenvalue weighted by atomic mass is 9.89. The maximum atomic E-state index is 12.3. The lowest BCUT2D eigenvalue weighted by molar-refractivity contribution is 0.0921. The van der Waals surface area contributed by atoms with Gasteiger partial charge >= 0.3 is 0 Å². The summed E-state index contributed by atoms with van der Waals surface area (Å²) in [5, 5.41) is 6.50. The number of rotatable bonds is 7. The number of carbonyl (C=O) groups excluding carboxylic acids is 1. The molecule has 1 rings (SSSR count). The molecule has 0 spiro atoms. The van der Waals surface area contributed by atoms with Gasteiger partial charge in [-0.3, -0.25) is 4.79 Å². The van der Waals surface area contributed by atoms with Crippen molar-refractivity contribution in [1.29, 1.82) is 0 Å². The summed E-state index contributed by atoms with van der Waals surface area (Å²) < 4.78 is 5.08. The van der Waals surface area contributed by atoms with Crippen LogP contribution in [-0.2, 0) is 4.74 Å². The van der Waals surface area contributed by atoms with Gasteiger partial charge in [0.15, 0.2) is 0 Å². The van der Waals surface area contributed by atoms with E-state index in [1.54, 1.807) is 32.4 Å². The Balaban J connectivity index is 2.69. The lowest BCUT2D eigenvalue weighted by Crippen LogP contribution is -2.35. The monoisotopic (exact) mass is 298 g/mol. The van der Waals surface area contributed by atoms with Crippen LogP contribution in [-0.4, -0.2) is 33.2 Å². The summed E-state index contributed by atoms with van der Waals surface area (Å²) in [7, 11) is 3.46. The van der Waals surface area contributed by atoms with Crippen LogP contribution in [0.15, 0.2) is 18.2 Å². The van der Waals surface area contributed by atoms with Gasteiger partial charge in [-0.25, -0.2) is 0 Å². The molecule has 20 heavy (non-hydrogen) atoms. The standard InChI is InChI=1S/C15H23ClN2O2/c1-15(2,7-8-20-4)10-18-14(19)12-9-11(16)5-6-13(12)17-3/h5-6,9,17H,7-8,10H2,1-4H3,(H,18,19). The molecule has 0 fully saturated rings. The molecule has 0 aromatic heterocycles. The lowest BCUT2D eigenvalue weighted by Gasteiger charge is -2.24. The topological polar surface area (TPSA) is 50.4 Å². The number of hydrogen-bond acceptors (Lipinski definition) is 3. The van der Waals surface area contributed by atoms with E-state index in [0.29, 0.717) is 23.7 Å². The minimum absolute atomic E-state index is 0.00987. The van der Waals surface area contributed by atoms with Gasteiger partial charge < -0.3 is 15.4 Å². The molecule has 0 aliphatic heterocycles. The fraction of sp³-hybridized carbons (Fsp3) is 0.533. The molecule has 112 valence electrons. The quantitative estimate of drug-likeness (QED) is 0.813. The molecule has 0 bridgehead atoms. The zero-order chi connectivity index (χ0) is 15.2. The van der Waals surface area contributed by atoms with E-state index in [0.717, 1.165) is 12.1 Å². The van der Waals surface area contributed by atoms with Crippen LogP contribution >= 0.6 is 11.6 Å². The molecule has 4 nitrogen and oxygen atoms in total. The van der Waals surface area contributed by atoms with Crippen molar-refractivity contribution in [1.82, 2.24) is 5.32 Å². The molecule has 1 aromatic carbocycles. The Labute approximate surface area is 125 Å². The second-order valence-electron chi connectivity index (χ2n) is 5.53. The Morgan fingerprint density at radius 3 is 2.70 bits per heavy atom. The van der Waals surface area contributed by atoms with Crippen molar-refractivity contribution in [2.45, 2.75) is 20.3 Å². The minimum Gasteiger partial charge on any atom is -0.387 e. The molecule has 0 unspecified atom stereocenters. The molecule has 0 saturated carbocycles. The van der Waals surface area contributed by atoms with Crippen LogP contribution < -0.4 is 10.6 Å². The highest BCUT2D eigenvalue weighted by molar-refractivity contribution is 6.31. The van der Waals surface area contributed by atoms with E-state index in [9.17, 15) is 4.79 Å². The average Bonchev–Trinajstić information content (AvgIpc) is 2.42. The number of carbonyl (C=O) groups is 1. The van der Waals surface area contributed by atoms with E-state index >= 15 is 0 Å². The molecular weight excluding hydrogens is 276 g/mol. The average molecular weight is 299 g/mol. The first kappa shape index (κ1) is 16.8. The second kappa shape index (κ2) is 7.50. The van der Waals surface area contributed by atoms with Gasteiger partial charge in [-0.2, -0.15) is 0 Å². The maximum absolute atomic E-state index is 12.3. The van der Waals surface area contributed by atoms with E-state index in [-0.39, 0.29) is 11.3 Å². The molecule has 0 saturated heterocycles. The molecule has 5 heteroatoms. The molecule has 1 amide bonds. The number of hydrogen-bond donors (Lipinski definition) is 2. The first-order chi connectivity index (χ1) is 9.39. The highest BCUT2D eigenvalue weighted by atomic mass is 35.5. The van der Waals surface area contributed by atoms with E-state index in [2.05, 4.69) is 24.5 Å². The maximum Gasteiger partial charge on any atom is 0.253 e. The number of anilines is 1. The predicted molar refractivity (Wildman–Crippen MR) is 83.6 cm³/mol. The van der Waals surface area contributed by atoms with E-state index in [1.165, 1.54) is 0 Å². The molecule has 2 N–H and O–H groups in total. The third-order valence-electron chi connectivity index (χ3n) is 3.21. The van der Waals surface area contributed by atoms with E-state index < -0.39 is 0 Å². The Morgan fingerprint density at radius 2 is 2.10 bits per heavy atom. The number of amides is 1. The Hall–Kier alpha value is -1.26. The summed E-state index contributed by atoms with van der Waals surface area (Å²) in [4.78, 5) is 12.3. The zero-order valence-corrected chi connectivity index (χ0v) is 13.3. The SMILES string of the molecule is CNc1ccc(Cl)cc1C(=O)NCC(C)(C)CCOC. The molecule has 0 aliphatic carbocycles. The van der Waals surface area contributed by atoms with Gasteiger partial charge in [0.2, 0.25) is 0 Å². The summed E-state index contributed by atoms with van der Waals surface area (Å²) in [6.45, 7) is 5.47. The second-order valence-corrected chi connectivity index (χ2v) is 5.97. The molecule has 0 heterocycles. The predicted octanol–water partition coefficient (Wildman–Crippen LogP) is 3.17. The van der Waals surface area contributed by atoms with Crippen molar-refractivity contribution in [3.63, 3.8) is 0 Å². The molecule has 0 radical (unpaired) electrons. The largest absolute Gasteiger partial charge is 0.387 e. The Kier molecular flexibility index (Phi) is 6.30. The van der Waals surface area contributed by atoms with Crippen LogP contribution in [0.5, 0.6) is 0 Å². The van der Waals surface area contributed by atoms with Crippen LogP contribution in [0.2, 0.25) is 5.02 Å². The van der Waals surface area contributed by atoms with Gasteiger partial charge in [0.25, 0.3) is 5.91 Å². The van der Waals surface area contributed by atoms with Crippen LogP contribution in [0.3, 0.4) is 0 Å². The van der Waals surface area contributed by atoms with Crippen molar-refractivity contribution < 1.29 is 9.53 Å². The van der Waals surface area contributed by atoms with Gasteiger partial charge in [0, 0.05) is 38.0 Å². The number of halogens is 1. The van der Waals surface area contributed by atoms with Crippen molar-refractivity contribution in [2.75, 3.05) is 32.6 Å². The first-order valence-electron chi connectivity index (χ1n) is 6.64. The summed E-state index contributed by atoms with van der Waals surface area (Å²) in [5.41, 5.74) is 1.31. The summed E-state index contributed by atoms with van der Waals surface area (Å²) in [6, 6.07) is 5.23. The number of nitrogens with one attached hydrogen (secondary N) is 2. The minimum atomic E-state index is -0.123. The molecule has 0 aliphatic rings. The first-order valence-corrected chi connectivity index (χ1v) is 7.02. The van der Waals surface area contributed by atoms with Gasteiger partial charge in [-0.15, -0.1) is 0 Å². The molecule has 0 atom stereocenters. The fourth-order valence-electron chi connectivity index (χ4n) is 1.80. The third-order valence-corrected chi connectivity index (χ3v) is 3.44. The molecule has 1 aromatic rings. The van der Waals surface area contributed by atoms with E-state index in [4.69, 9.17) is 16.3 Å². The summed E-state index contributed by atoms with van der Waals surface area (Å²) in [5.74, 6) is -0.123. The molecular formula is C15H23ClN2O2.